The third-order valence-electron chi connectivity index (χ3n) is 2.77. The summed E-state index contributed by atoms with van der Waals surface area (Å²) in [6.45, 7) is 4.08. The minimum absolute atomic E-state index is 0.156. The zero-order valence-corrected chi connectivity index (χ0v) is 11.9. The van der Waals surface area contributed by atoms with Gasteiger partial charge in [-0.1, -0.05) is 30.0 Å². The minimum atomic E-state index is 0.156. The summed E-state index contributed by atoms with van der Waals surface area (Å²) in [6, 6.07) is 10.5. The molecule has 4 heteroatoms. The molecule has 0 saturated carbocycles. The zero-order chi connectivity index (χ0) is 13.1. The standard InChI is InChI=1S/C14H19N3S/c1-10(15)9-13-11(2)16-17(3)14(13)18-12-7-5-4-6-8-12/h4-8,10H,9,15H2,1-3H3. The maximum atomic E-state index is 5.92. The van der Waals surface area contributed by atoms with Crippen LogP contribution >= 0.6 is 11.8 Å². The van der Waals surface area contributed by atoms with Gasteiger partial charge in [-0.25, -0.2) is 0 Å². The van der Waals surface area contributed by atoms with Gasteiger partial charge in [0.1, 0.15) is 5.03 Å². The number of nitrogens with two attached hydrogens (primary N) is 1. The molecule has 96 valence electrons. The molecule has 1 heterocycles. The predicted molar refractivity (Wildman–Crippen MR) is 75.9 cm³/mol. The number of hydrogen-bond acceptors (Lipinski definition) is 3. The summed E-state index contributed by atoms with van der Waals surface area (Å²) in [5.41, 5.74) is 8.26. The van der Waals surface area contributed by atoms with Gasteiger partial charge in [0.05, 0.1) is 5.69 Å². The highest BCUT2D eigenvalue weighted by molar-refractivity contribution is 7.99. The van der Waals surface area contributed by atoms with Crippen molar-refractivity contribution in [2.45, 2.75) is 36.2 Å². The molecule has 0 spiro atoms. The van der Waals surface area contributed by atoms with E-state index in [0.29, 0.717) is 0 Å². The highest BCUT2D eigenvalue weighted by Gasteiger charge is 2.15. The molecule has 0 fully saturated rings. The van der Waals surface area contributed by atoms with Crippen LogP contribution < -0.4 is 5.73 Å². The third kappa shape index (κ3) is 2.94. The summed E-state index contributed by atoms with van der Waals surface area (Å²) in [7, 11) is 1.99. The van der Waals surface area contributed by atoms with Gasteiger partial charge >= 0.3 is 0 Å². The molecule has 3 nitrogen and oxygen atoms in total. The SMILES string of the molecule is Cc1nn(C)c(Sc2ccccc2)c1CC(C)N. The van der Waals surface area contributed by atoms with E-state index >= 15 is 0 Å². The van der Waals surface area contributed by atoms with Gasteiger partial charge in [-0.2, -0.15) is 5.10 Å². The average Bonchev–Trinajstić information content (AvgIpc) is 2.57. The summed E-state index contributed by atoms with van der Waals surface area (Å²) >= 11 is 1.75. The van der Waals surface area contributed by atoms with Crippen molar-refractivity contribution in [2.24, 2.45) is 12.8 Å². The van der Waals surface area contributed by atoms with Crippen LogP contribution in [-0.4, -0.2) is 15.8 Å². The van der Waals surface area contributed by atoms with E-state index in [0.717, 1.165) is 12.1 Å². The zero-order valence-electron chi connectivity index (χ0n) is 11.1. The molecule has 2 N–H and O–H groups in total. The van der Waals surface area contributed by atoms with Crippen molar-refractivity contribution in [1.82, 2.24) is 9.78 Å². The van der Waals surface area contributed by atoms with Crippen LogP contribution in [0.2, 0.25) is 0 Å². The molecule has 0 aliphatic rings. The van der Waals surface area contributed by atoms with Crippen LogP contribution in [0.25, 0.3) is 0 Å². The molecular formula is C14H19N3S. The Morgan fingerprint density at radius 3 is 2.61 bits per heavy atom. The lowest BCUT2D eigenvalue weighted by Gasteiger charge is -2.08. The van der Waals surface area contributed by atoms with E-state index in [4.69, 9.17) is 5.73 Å². The second-order valence-electron chi connectivity index (χ2n) is 4.59. The third-order valence-corrected chi connectivity index (χ3v) is 3.98. The van der Waals surface area contributed by atoms with Crippen molar-refractivity contribution in [1.29, 1.82) is 0 Å². The van der Waals surface area contributed by atoms with E-state index in [1.165, 1.54) is 15.5 Å². The molecule has 0 aliphatic carbocycles. The Balaban J connectivity index is 2.32. The largest absolute Gasteiger partial charge is 0.328 e. The minimum Gasteiger partial charge on any atom is -0.328 e. The molecule has 2 rings (SSSR count). The summed E-state index contributed by atoms with van der Waals surface area (Å²) in [5, 5.41) is 5.69. The fraction of sp³-hybridized carbons (Fsp3) is 0.357. The van der Waals surface area contributed by atoms with Gasteiger partial charge in [0, 0.05) is 23.5 Å². The fourth-order valence-electron chi connectivity index (χ4n) is 1.97. The van der Waals surface area contributed by atoms with Crippen molar-refractivity contribution in [3.05, 3.63) is 41.6 Å². The Hall–Kier alpha value is -1.26. The lowest BCUT2D eigenvalue weighted by molar-refractivity contribution is 0.677. The van der Waals surface area contributed by atoms with Crippen molar-refractivity contribution in [3.8, 4) is 0 Å². The molecule has 0 bridgehead atoms. The molecule has 1 unspecified atom stereocenters. The molecular weight excluding hydrogens is 242 g/mol. The molecule has 2 aromatic rings. The molecule has 1 aromatic carbocycles. The van der Waals surface area contributed by atoms with Crippen molar-refractivity contribution in [3.63, 3.8) is 0 Å². The van der Waals surface area contributed by atoms with E-state index in [-0.39, 0.29) is 6.04 Å². The maximum Gasteiger partial charge on any atom is 0.102 e. The van der Waals surface area contributed by atoms with Crippen LogP contribution in [0.4, 0.5) is 0 Å². The normalized spacial score (nSPS) is 12.7. The topological polar surface area (TPSA) is 43.8 Å². The first-order chi connectivity index (χ1) is 8.58. The van der Waals surface area contributed by atoms with E-state index < -0.39 is 0 Å². The maximum absolute atomic E-state index is 5.92. The van der Waals surface area contributed by atoms with Gasteiger partial charge in [0.15, 0.2) is 0 Å². The van der Waals surface area contributed by atoms with Crippen LogP contribution in [0.15, 0.2) is 40.3 Å². The molecule has 1 atom stereocenters. The second kappa shape index (κ2) is 5.59. The highest BCUT2D eigenvalue weighted by Crippen LogP contribution is 2.31. The van der Waals surface area contributed by atoms with Crippen LogP contribution in [0.1, 0.15) is 18.2 Å². The van der Waals surface area contributed by atoms with Gasteiger partial charge in [-0.05, 0) is 32.4 Å². The van der Waals surface area contributed by atoms with Crippen LogP contribution in [0, 0.1) is 6.92 Å². The monoisotopic (exact) mass is 261 g/mol. The highest BCUT2D eigenvalue weighted by atomic mass is 32.2. The van der Waals surface area contributed by atoms with Gasteiger partial charge in [-0.3, -0.25) is 4.68 Å². The Kier molecular flexibility index (Phi) is 4.09. The van der Waals surface area contributed by atoms with Gasteiger partial charge < -0.3 is 5.73 Å². The number of hydrogen-bond donors (Lipinski definition) is 1. The molecule has 0 saturated heterocycles. The second-order valence-corrected chi connectivity index (χ2v) is 5.65. The van der Waals surface area contributed by atoms with Gasteiger partial charge in [0.2, 0.25) is 0 Å². The van der Waals surface area contributed by atoms with E-state index in [1.807, 2.05) is 31.6 Å². The van der Waals surface area contributed by atoms with Crippen molar-refractivity contribution < 1.29 is 0 Å². The molecule has 1 aromatic heterocycles. The van der Waals surface area contributed by atoms with Gasteiger partial charge in [0.25, 0.3) is 0 Å². The Morgan fingerprint density at radius 1 is 1.33 bits per heavy atom. The quantitative estimate of drug-likeness (QED) is 0.920. The Morgan fingerprint density at radius 2 is 2.00 bits per heavy atom. The van der Waals surface area contributed by atoms with Crippen LogP contribution in [0.5, 0.6) is 0 Å². The lowest BCUT2D eigenvalue weighted by atomic mass is 10.1. The van der Waals surface area contributed by atoms with Crippen molar-refractivity contribution >= 4 is 11.8 Å². The van der Waals surface area contributed by atoms with E-state index in [1.54, 1.807) is 11.8 Å². The molecule has 0 radical (unpaired) electrons. The smallest absolute Gasteiger partial charge is 0.102 e. The Bertz CT molecular complexity index is 517. The van der Waals surface area contributed by atoms with Gasteiger partial charge in [-0.15, -0.1) is 0 Å². The molecule has 0 amide bonds. The molecule has 18 heavy (non-hydrogen) atoms. The van der Waals surface area contributed by atoms with E-state index in [2.05, 4.69) is 29.4 Å². The summed E-state index contributed by atoms with van der Waals surface area (Å²) in [6.07, 6.45) is 0.870. The Labute approximate surface area is 112 Å². The van der Waals surface area contributed by atoms with Crippen LogP contribution in [0.3, 0.4) is 0 Å². The van der Waals surface area contributed by atoms with Crippen molar-refractivity contribution in [2.75, 3.05) is 0 Å². The number of aromatic nitrogens is 2. The molecule has 0 aliphatic heterocycles. The number of nitrogens with zero attached hydrogens (tertiary/aromatic N) is 2. The first-order valence-electron chi connectivity index (χ1n) is 6.09. The summed E-state index contributed by atoms with van der Waals surface area (Å²) < 4.78 is 1.95. The lowest BCUT2D eigenvalue weighted by Crippen LogP contribution is -2.18. The van der Waals surface area contributed by atoms with Crippen LogP contribution in [-0.2, 0) is 13.5 Å². The first-order valence-corrected chi connectivity index (χ1v) is 6.90. The summed E-state index contributed by atoms with van der Waals surface area (Å²) in [4.78, 5) is 1.23. The average molecular weight is 261 g/mol. The fourth-order valence-corrected chi connectivity index (χ4v) is 3.01. The summed E-state index contributed by atoms with van der Waals surface area (Å²) in [5.74, 6) is 0. The predicted octanol–water partition coefficient (Wildman–Crippen LogP) is 2.77. The number of aryl methyl sites for hydroxylation is 2. The number of rotatable bonds is 4. The number of benzene rings is 1. The van der Waals surface area contributed by atoms with E-state index in [9.17, 15) is 0 Å². The first kappa shape index (κ1) is 13.2.